The predicted octanol–water partition coefficient (Wildman–Crippen LogP) is 5.52. The number of rotatable bonds is 8. The molecule has 3 aliphatic rings. The predicted molar refractivity (Wildman–Crippen MR) is 111 cm³/mol. The molecule has 4 atom stereocenters. The number of hydrogen-bond donors (Lipinski definition) is 1. The number of allylic oxidation sites excluding steroid dienone is 8. The van der Waals surface area contributed by atoms with Crippen molar-refractivity contribution in [1.29, 1.82) is 0 Å². The van der Waals surface area contributed by atoms with Crippen LogP contribution in [-0.4, -0.2) is 17.7 Å². The highest BCUT2D eigenvalue weighted by molar-refractivity contribution is 5.71. The molecule has 4 rings (SSSR count). The minimum atomic E-state index is -0.714. The summed E-state index contributed by atoms with van der Waals surface area (Å²) >= 11 is 0. The van der Waals surface area contributed by atoms with Gasteiger partial charge in [-0.3, -0.25) is 4.79 Å². The Balaban J connectivity index is 1.37. The third kappa shape index (κ3) is 4.46. The molecule has 0 radical (unpaired) electrons. The molecule has 0 saturated heterocycles. The van der Waals surface area contributed by atoms with Crippen LogP contribution in [0.5, 0.6) is 5.75 Å². The molecule has 1 unspecified atom stereocenters. The molecule has 28 heavy (non-hydrogen) atoms. The Labute approximate surface area is 167 Å². The van der Waals surface area contributed by atoms with Gasteiger partial charge in [0.25, 0.3) is 0 Å². The summed E-state index contributed by atoms with van der Waals surface area (Å²) in [5, 5.41) is 9.48. The SMILES string of the molecule is C[C@H](C(=O)O)[C@H](c1cccc(OCC2C[C@@H]2C2=C/C=C\C=C/C=C2)c1)C1CC1. The van der Waals surface area contributed by atoms with Crippen molar-refractivity contribution in [3.05, 3.63) is 77.9 Å². The molecule has 0 bridgehead atoms. The lowest BCUT2D eigenvalue weighted by Gasteiger charge is -2.21. The second-order valence-corrected chi connectivity index (χ2v) is 8.27. The second kappa shape index (κ2) is 8.22. The van der Waals surface area contributed by atoms with Gasteiger partial charge in [0, 0.05) is 5.92 Å². The number of benzene rings is 1. The van der Waals surface area contributed by atoms with E-state index >= 15 is 0 Å². The fourth-order valence-electron chi connectivity index (χ4n) is 4.26. The molecule has 0 heterocycles. The van der Waals surface area contributed by atoms with Crippen molar-refractivity contribution in [2.24, 2.45) is 23.7 Å². The van der Waals surface area contributed by atoms with Gasteiger partial charge in [0.1, 0.15) is 5.75 Å². The first kappa shape index (κ1) is 18.8. The zero-order chi connectivity index (χ0) is 19.5. The molecule has 0 spiro atoms. The summed E-state index contributed by atoms with van der Waals surface area (Å²) in [5.41, 5.74) is 2.47. The van der Waals surface area contributed by atoms with E-state index in [2.05, 4.69) is 48.6 Å². The van der Waals surface area contributed by atoms with Crippen molar-refractivity contribution in [3.63, 3.8) is 0 Å². The fraction of sp³-hybridized carbons (Fsp3) is 0.400. The highest BCUT2D eigenvalue weighted by Crippen LogP contribution is 2.48. The lowest BCUT2D eigenvalue weighted by Crippen LogP contribution is -2.20. The van der Waals surface area contributed by atoms with Crippen molar-refractivity contribution in [1.82, 2.24) is 0 Å². The molecule has 0 amide bonds. The van der Waals surface area contributed by atoms with Crippen LogP contribution in [0.1, 0.15) is 37.7 Å². The molecule has 146 valence electrons. The summed E-state index contributed by atoms with van der Waals surface area (Å²) in [7, 11) is 0. The van der Waals surface area contributed by atoms with E-state index in [9.17, 15) is 9.90 Å². The average Bonchev–Trinajstić information content (AvgIpc) is 3.56. The first-order valence-electron chi connectivity index (χ1n) is 10.3. The summed E-state index contributed by atoms with van der Waals surface area (Å²) < 4.78 is 6.11. The fourth-order valence-corrected chi connectivity index (χ4v) is 4.26. The maximum absolute atomic E-state index is 11.5. The van der Waals surface area contributed by atoms with E-state index in [1.807, 2.05) is 25.1 Å². The standard InChI is InChI=1S/C25H28O3/c1-17(25(26)27)24(19-12-13-19)20-10-7-11-22(14-20)28-16-21-15-23(21)18-8-5-3-2-4-6-9-18/h2-11,14,17,19,21,23-24H,12-13,15-16H2,1H3,(H,26,27)/b3-2-,4-2?,5-3?,6-4-,8-5?,9-6?,18-8?,18-9?/t17-,21?,23+,24-/m0/s1. The largest absolute Gasteiger partial charge is 0.493 e. The highest BCUT2D eigenvalue weighted by Gasteiger charge is 2.40. The number of ether oxygens (including phenoxy) is 1. The first-order chi connectivity index (χ1) is 13.6. The second-order valence-electron chi connectivity index (χ2n) is 8.27. The number of carboxylic acid groups (broad SMARTS) is 1. The highest BCUT2D eigenvalue weighted by atomic mass is 16.5. The van der Waals surface area contributed by atoms with Crippen molar-refractivity contribution in [2.45, 2.75) is 32.1 Å². The molecule has 0 aliphatic heterocycles. The van der Waals surface area contributed by atoms with Gasteiger partial charge in [0.15, 0.2) is 0 Å². The van der Waals surface area contributed by atoms with E-state index in [0.29, 0.717) is 24.4 Å². The van der Waals surface area contributed by atoms with E-state index in [0.717, 1.165) is 30.6 Å². The molecular weight excluding hydrogens is 348 g/mol. The van der Waals surface area contributed by atoms with Gasteiger partial charge in [-0.25, -0.2) is 0 Å². The van der Waals surface area contributed by atoms with E-state index in [1.54, 1.807) is 0 Å². The minimum absolute atomic E-state index is 0.0831. The Hall–Kier alpha value is -2.55. The third-order valence-electron chi connectivity index (χ3n) is 6.14. The van der Waals surface area contributed by atoms with Crippen LogP contribution in [0.4, 0.5) is 0 Å². The van der Waals surface area contributed by atoms with Crippen molar-refractivity contribution in [3.8, 4) is 5.75 Å². The van der Waals surface area contributed by atoms with Crippen LogP contribution in [-0.2, 0) is 4.79 Å². The van der Waals surface area contributed by atoms with Gasteiger partial charge in [0.2, 0.25) is 0 Å². The smallest absolute Gasteiger partial charge is 0.306 e. The third-order valence-corrected chi connectivity index (χ3v) is 6.14. The van der Waals surface area contributed by atoms with Crippen LogP contribution < -0.4 is 4.74 Å². The Morgan fingerprint density at radius 3 is 2.75 bits per heavy atom. The normalized spacial score (nSPS) is 27.7. The van der Waals surface area contributed by atoms with Crippen LogP contribution in [0.25, 0.3) is 0 Å². The van der Waals surface area contributed by atoms with Crippen LogP contribution >= 0.6 is 0 Å². The molecule has 1 N–H and O–H groups in total. The molecule has 3 aliphatic carbocycles. The summed E-state index contributed by atoms with van der Waals surface area (Å²) in [4.78, 5) is 11.5. The number of hydrogen-bond acceptors (Lipinski definition) is 2. The van der Waals surface area contributed by atoms with E-state index in [1.165, 1.54) is 5.57 Å². The van der Waals surface area contributed by atoms with Crippen LogP contribution in [0.3, 0.4) is 0 Å². The van der Waals surface area contributed by atoms with Gasteiger partial charge in [-0.1, -0.05) is 61.6 Å². The average molecular weight is 376 g/mol. The number of aliphatic carboxylic acids is 1. The van der Waals surface area contributed by atoms with E-state index in [4.69, 9.17) is 4.74 Å². The Kier molecular flexibility index (Phi) is 5.52. The van der Waals surface area contributed by atoms with Gasteiger partial charge in [0.05, 0.1) is 12.5 Å². The Morgan fingerprint density at radius 1 is 1.18 bits per heavy atom. The summed E-state index contributed by atoms with van der Waals surface area (Å²) in [6.07, 6.45) is 18.1. The molecule has 0 aromatic heterocycles. The summed E-state index contributed by atoms with van der Waals surface area (Å²) in [5.74, 6) is 1.48. The minimum Gasteiger partial charge on any atom is -0.493 e. The van der Waals surface area contributed by atoms with Gasteiger partial charge in [-0.05, 0) is 60.3 Å². The first-order valence-corrected chi connectivity index (χ1v) is 10.3. The zero-order valence-electron chi connectivity index (χ0n) is 16.3. The lowest BCUT2D eigenvalue weighted by atomic mass is 9.83. The van der Waals surface area contributed by atoms with Gasteiger partial charge >= 0.3 is 5.97 Å². The maximum Gasteiger partial charge on any atom is 0.306 e. The monoisotopic (exact) mass is 376 g/mol. The molecule has 2 saturated carbocycles. The summed E-state index contributed by atoms with van der Waals surface area (Å²) in [6, 6.07) is 8.09. The quantitative estimate of drug-likeness (QED) is 0.649. The van der Waals surface area contributed by atoms with Crippen molar-refractivity contribution >= 4 is 5.97 Å². The lowest BCUT2D eigenvalue weighted by molar-refractivity contribution is -0.142. The van der Waals surface area contributed by atoms with E-state index in [-0.39, 0.29) is 11.8 Å². The van der Waals surface area contributed by atoms with Crippen LogP contribution in [0, 0.1) is 23.7 Å². The topological polar surface area (TPSA) is 46.5 Å². The molecule has 2 fully saturated rings. The van der Waals surface area contributed by atoms with Gasteiger partial charge in [-0.2, -0.15) is 0 Å². The van der Waals surface area contributed by atoms with Crippen molar-refractivity contribution < 1.29 is 14.6 Å². The maximum atomic E-state index is 11.5. The van der Waals surface area contributed by atoms with Gasteiger partial charge in [-0.15, -0.1) is 0 Å². The molecule has 1 aromatic carbocycles. The van der Waals surface area contributed by atoms with Gasteiger partial charge < -0.3 is 9.84 Å². The number of carboxylic acids is 1. The number of carbonyl (C=O) groups is 1. The molecule has 3 heteroatoms. The zero-order valence-corrected chi connectivity index (χ0v) is 16.3. The summed E-state index contributed by atoms with van der Waals surface area (Å²) in [6.45, 7) is 2.54. The Morgan fingerprint density at radius 2 is 1.96 bits per heavy atom. The molecular formula is C25H28O3. The van der Waals surface area contributed by atoms with E-state index < -0.39 is 5.97 Å². The molecule has 3 nitrogen and oxygen atoms in total. The van der Waals surface area contributed by atoms with Crippen LogP contribution in [0.2, 0.25) is 0 Å². The van der Waals surface area contributed by atoms with Crippen molar-refractivity contribution in [2.75, 3.05) is 6.61 Å². The Bertz CT molecular complexity index is 841. The molecule has 1 aromatic rings. The van der Waals surface area contributed by atoms with Crippen LogP contribution in [0.15, 0.2) is 72.4 Å².